The van der Waals surface area contributed by atoms with Gasteiger partial charge in [-0.25, -0.2) is 4.79 Å². The molecule has 0 fully saturated rings. The van der Waals surface area contributed by atoms with E-state index in [9.17, 15) is 14.7 Å². The first-order chi connectivity index (χ1) is 12.0. The standard InChI is InChI=1S/C12H27P.C8H6O4.Na.H2O/c1-4-7-10-13(11-8-5-2)12-9-6-3;9-7(10)5-2-1-3-6(4-5)8(11)12;;/h4-12H2,1-3H3;1-4H,(H,9,10)(H,11,12);;1H2/q;;+1;/p-1. The van der Waals surface area contributed by atoms with Crippen LogP contribution in [0, 0.1) is 0 Å². The Morgan fingerprint density at radius 3 is 1.67 bits per heavy atom. The number of rotatable bonds is 11. The molecule has 1 aromatic rings. The van der Waals surface area contributed by atoms with E-state index in [-0.39, 0.29) is 46.2 Å². The van der Waals surface area contributed by atoms with E-state index in [1.165, 1.54) is 56.7 Å². The van der Waals surface area contributed by atoms with Gasteiger partial charge >= 0.3 is 35.5 Å². The van der Waals surface area contributed by atoms with Crippen LogP contribution in [0.25, 0.3) is 0 Å². The first-order valence-corrected chi connectivity index (χ1v) is 11.1. The fraction of sp³-hybridized carbons (Fsp3) is 0.600. The molecule has 0 saturated carbocycles. The second-order valence-electron chi connectivity index (χ2n) is 6.08. The van der Waals surface area contributed by atoms with Crippen LogP contribution >= 0.6 is 7.92 Å². The predicted octanol–water partition coefficient (Wildman–Crippen LogP) is 0.796. The van der Waals surface area contributed by atoms with Crippen molar-refractivity contribution in [2.24, 2.45) is 0 Å². The van der Waals surface area contributed by atoms with Crippen molar-refractivity contribution in [2.45, 2.75) is 59.3 Å². The third-order valence-electron chi connectivity index (χ3n) is 3.83. The average molecular weight is 408 g/mol. The van der Waals surface area contributed by atoms with Crippen LogP contribution in [0.5, 0.6) is 0 Å². The molecule has 7 heteroatoms. The third-order valence-corrected chi connectivity index (χ3v) is 6.67. The molecule has 150 valence electrons. The Labute approximate surface area is 187 Å². The SMILES string of the molecule is CCCCP(CCCC)CCCC.O.O=C([O-])c1cccc(C(=O)O)c1.[Na+]. The van der Waals surface area contributed by atoms with Gasteiger partial charge in [-0.15, -0.1) is 7.92 Å². The molecule has 0 radical (unpaired) electrons. The minimum atomic E-state index is -1.38. The van der Waals surface area contributed by atoms with E-state index in [1.807, 2.05) is 0 Å². The molecule has 0 amide bonds. The maximum atomic E-state index is 10.4. The molecule has 0 saturated heterocycles. The van der Waals surface area contributed by atoms with Gasteiger partial charge < -0.3 is 20.5 Å². The molecule has 27 heavy (non-hydrogen) atoms. The van der Waals surface area contributed by atoms with Crippen LogP contribution in [0.15, 0.2) is 24.3 Å². The summed E-state index contributed by atoms with van der Waals surface area (Å²) in [6, 6.07) is 5.00. The van der Waals surface area contributed by atoms with E-state index in [0.29, 0.717) is 7.92 Å². The fourth-order valence-electron chi connectivity index (χ4n) is 2.26. The summed E-state index contributed by atoms with van der Waals surface area (Å²) < 4.78 is 0. The van der Waals surface area contributed by atoms with Crippen molar-refractivity contribution in [3.05, 3.63) is 35.4 Å². The van der Waals surface area contributed by atoms with Crippen molar-refractivity contribution in [2.75, 3.05) is 18.5 Å². The molecule has 3 N–H and O–H groups in total. The summed E-state index contributed by atoms with van der Waals surface area (Å²) in [7, 11) is 0.422. The van der Waals surface area contributed by atoms with Gasteiger partial charge in [0, 0.05) is 0 Å². The van der Waals surface area contributed by atoms with Gasteiger partial charge in [0.05, 0.1) is 11.5 Å². The molecule has 5 nitrogen and oxygen atoms in total. The number of unbranched alkanes of at least 4 members (excludes halogenated alkanes) is 3. The largest absolute Gasteiger partial charge is 1.00 e. The van der Waals surface area contributed by atoms with Gasteiger partial charge in [0.15, 0.2) is 0 Å². The summed E-state index contributed by atoms with van der Waals surface area (Å²) in [5, 5.41) is 18.7. The van der Waals surface area contributed by atoms with E-state index >= 15 is 0 Å². The number of carboxylic acid groups (broad SMARTS) is 2. The van der Waals surface area contributed by atoms with Crippen molar-refractivity contribution in [1.82, 2.24) is 0 Å². The van der Waals surface area contributed by atoms with Gasteiger partial charge in [-0.2, -0.15) is 0 Å². The molecule has 1 aromatic carbocycles. The zero-order valence-electron chi connectivity index (χ0n) is 17.3. The van der Waals surface area contributed by atoms with Gasteiger partial charge in [0.2, 0.25) is 0 Å². The molecule has 0 spiro atoms. The Hall–Kier alpha value is -0.450. The molecule has 0 atom stereocenters. The Bertz CT molecular complexity index is 463. The number of carbonyl (C=O) groups is 2. The maximum Gasteiger partial charge on any atom is 1.00 e. The van der Waals surface area contributed by atoms with Crippen LogP contribution in [0.4, 0.5) is 0 Å². The molecule has 0 aromatic heterocycles. The maximum absolute atomic E-state index is 10.4. The summed E-state index contributed by atoms with van der Waals surface area (Å²) in [5.74, 6) is -2.53. The summed E-state index contributed by atoms with van der Waals surface area (Å²) in [6.45, 7) is 6.94. The molecule has 0 aliphatic carbocycles. The van der Waals surface area contributed by atoms with Crippen LogP contribution in [0.2, 0.25) is 0 Å². The first-order valence-electron chi connectivity index (χ1n) is 9.23. The monoisotopic (exact) mass is 408 g/mol. The minimum Gasteiger partial charge on any atom is -0.545 e. The van der Waals surface area contributed by atoms with Crippen LogP contribution in [0.1, 0.15) is 80.0 Å². The number of carbonyl (C=O) groups excluding carboxylic acids is 1. The topological polar surface area (TPSA) is 109 Å². The van der Waals surface area contributed by atoms with E-state index in [0.717, 1.165) is 6.07 Å². The second kappa shape index (κ2) is 20.3. The van der Waals surface area contributed by atoms with Crippen LogP contribution in [-0.2, 0) is 0 Å². The Balaban J connectivity index is -0.000000398. The number of benzene rings is 1. The normalized spacial score (nSPS) is 9.48. The van der Waals surface area contributed by atoms with Crippen LogP contribution in [0.3, 0.4) is 0 Å². The second-order valence-corrected chi connectivity index (χ2v) is 8.76. The molecule has 0 aliphatic rings. The zero-order valence-corrected chi connectivity index (χ0v) is 20.2. The van der Waals surface area contributed by atoms with Crippen molar-refractivity contribution in [3.63, 3.8) is 0 Å². The average Bonchev–Trinajstić information content (AvgIpc) is 2.61. The molecule has 1 rings (SSSR count). The smallest absolute Gasteiger partial charge is 0.545 e. The molecule has 0 bridgehead atoms. The van der Waals surface area contributed by atoms with Crippen molar-refractivity contribution < 1.29 is 54.8 Å². The summed E-state index contributed by atoms with van der Waals surface area (Å²) in [6.07, 6.45) is 13.2. The Morgan fingerprint density at radius 2 is 1.33 bits per heavy atom. The predicted molar refractivity (Wildman–Crippen MR) is 108 cm³/mol. The number of aromatic carboxylic acids is 2. The Morgan fingerprint density at radius 1 is 0.926 bits per heavy atom. The fourth-order valence-corrected chi connectivity index (χ4v) is 5.22. The molecule has 0 heterocycles. The van der Waals surface area contributed by atoms with Crippen LogP contribution < -0.4 is 34.7 Å². The molecular weight excluding hydrogens is 374 g/mol. The summed E-state index contributed by atoms with van der Waals surface area (Å²) in [5.41, 5.74) is -0.188. The zero-order chi connectivity index (χ0) is 19.1. The van der Waals surface area contributed by atoms with Gasteiger partial charge in [0.1, 0.15) is 0 Å². The van der Waals surface area contributed by atoms with Crippen molar-refractivity contribution in [3.8, 4) is 0 Å². The first kappa shape index (κ1) is 31.3. The number of hydrogen-bond donors (Lipinski definition) is 1. The number of carboxylic acids is 2. The van der Waals surface area contributed by atoms with Crippen molar-refractivity contribution >= 4 is 19.9 Å². The van der Waals surface area contributed by atoms with Crippen LogP contribution in [-0.4, -0.2) is 41.0 Å². The van der Waals surface area contributed by atoms with Gasteiger partial charge in [-0.1, -0.05) is 52.2 Å². The molecule has 0 unspecified atom stereocenters. The van der Waals surface area contributed by atoms with E-state index in [2.05, 4.69) is 20.8 Å². The molecular formula is C20H34NaO5P. The van der Waals surface area contributed by atoms with E-state index in [1.54, 1.807) is 18.5 Å². The van der Waals surface area contributed by atoms with Gasteiger partial charge in [0.25, 0.3) is 0 Å². The third kappa shape index (κ3) is 16.2. The summed E-state index contributed by atoms with van der Waals surface area (Å²) in [4.78, 5) is 20.6. The Kier molecular flexibility index (Phi) is 23.5. The van der Waals surface area contributed by atoms with Gasteiger partial charge in [-0.05, 0) is 55.4 Å². The molecule has 0 aliphatic heterocycles. The van der Waals surface area contributed by atoms with E-state index in [4.69, 9.17) is 5.11 Å². The summed E-state index contributed by atoms with van der Waals surface area (Å²) >= 11 is 0. The van der Waals surface area contributed by atoms with Gasteiger partial charge in [-0.3, -0.25) is 0 Å². The van der Waals surface area contributed by atoms with E-state index < -0.39 is 11.9 Å². The van der Waals surface area contributed by atoms with Crippen molar-refractivity contribution in [1.29, 1.82) is 0 Å². The minimum absolute atomic E-state index is 0. The number of hydrogen-bond acceptors (Lipinski definition) is 3. The quantitative estimate of drug-likeness (QED) is 0.431.